The molecule has 0 aromatic carbocycles. The molecule has 0 amide bonds. The molecule has 1 aliphatic heterocycles. The van der Waals surface area contributed by atoms with Crippen LogP contribution in [0.2, 0.25) is 0 Å². The van der Waals surface area contributed by atoms with Crippen molar-refractivity contribution in [1.82, 2.24) is 10.2 Å². The van der Waals surface area contributed by atoms with E-state index >= 15 is 0 Å². The highest BCUT2D eigenvalue weighted by molar-refractivity contribution is 7.86. The highest BCUT2D eigenvalue weighted by Crippen LogP contribution is 2.11. The zero-order chi connectivity index (χ0) is 9.90. The molecule has 0 aliphatic carbocycles. The van der Waals surface area contributed by atoms with Crippen LogP contribution in [-0.4, -0.2) is 49.4 Å². The number of rotatable bonds is 3. The van der Waals surface area contributed by atoms with Gasteiger partial charge in [0.1, 0.15) is 5.37 Å². The lowest BCUT2D eigenvalue weighted by Gasteiger charge is -2.31. The Morgan fingerprint density at radius 1 is 1.46 bits per heavy atom. The van der Waals surface area contributed by atoms with Crippen molar-refractivity contribution < 1.29 is 13.0 Å². The highest BCUT2D eigenvalue weighted by atomic mass is 32.2. The second kappa shape index (κ2) is 4.36. The molecular weight excluding hydrogens is 192 g/mol. The molecule has 77 valence electrons. The molecule has 0 bridgehead atoms. The maximum absolute atomic E-state index is 10.9. The van der Waals surface area contributed by atoms with E-state index in [0.717, 1.165) is 0 Å². The fourth-order valence-corrected chi connectivity index (χ4v) is 2.58. The third kappa shape index (κ3) is 2.91. The Balaban J connectivity index is 2.65. The van der Waals surface area contributed by atoms with Gasteiger partial charge in [0, 0.05) is 26.2 Å². The van der Waals surface area contributed by atoms with Gasteiger partial charge in [-0.25, -0.2) is 5.32 Å². The topological polar surface area (TPSA) is 71.7 Å². The summed E-state index contributed by atoms with van der Waals surface area (Å²) in [5, 5.41) is 3.36. The molecule has 1 saturated heterocycles. The number of nitrogens with zero attached hydrogens (tertiary/aromatic N) is 2. The first-order valence-corrected chi connectivity index (χ1v) is 5.89. The zero-order valence-electron chi connectivity index (χ0n) is 7.68. The van der Waals surface area contributed by atoms with Crippen LogP contribution in [0.4, 0.5) is 0 Å². The first kappa shape index (κ1) is 10.9. The van der Waals surface area contributed by atoms with Gasteiger partial charge < -0.3 is 0 Å². The second-order valence-electron chi connectivity index (χ2n) is 3.08. The Morgan fingerprint density at radius 2 is 2.00 bits per heavy atom. The molecule has 13 heavy (non-hydrogen) atoms. The lowest BCUT2D eigenvalue weighted by Crippen LogP contribution is -2.48. The van der Waals surface area contributed by atoms with Crippen LogP contribution in [0.1, 0.15) is 13.3 Å². The van der Waals surface area contributed by atoms with Gasteiger partial charge in [-0.2, -0.15) is 8.42 Å². The number of hydrogen-bond acceptors (Lipinski definition) is 3. The monoisotopic (exact) mass is 207 g/mol. The van der Waals surface area contributed by atoms with Crippen molar-refractivity contribution in [1.29, 1.82) is 0 Å². The van der Waals surface area contributed by atoms with Gasteiger partial charge in [-0.1, -0.05) is 6.92 Å². The molecule has 0 aromatic rings. The Labute approximate surface area is 78.9 Å². The Bertz CT molecular complexity index is 246. The van der Waals surface area contributed by atoms with Crippen LogP contribution in [0.15, 0.2) is 0 Å². The van der Waals surface area contributed by atoms with Crippen molar-refractivity contribution >= 4 is 10.1 Å². The normalized spacial score (nSPS) is 22.9. The number of hydrogen-bond donors (Lipinski definition) is 1. The SMILES string of the molecule is CCC(N1CC[N]CC1)S(=O)(=O)O. The molecule has 0 saturated carbocycles. The first-order valence-electron chi connectivity index (χ1n) is 4.39. The molecular formula is C7H15N2O3S. The lowest BCUT2D eigenvalue weighted by atomic mass is 10.3. The molecule has 1 heterocycles. The minimum absolute atomic E-state index is 0.416. The van der Waals surface area contributed by atoms with E-state index in [1.807, 2.05) is 0 Å². The minimum atomic E-state index is -3.93. The van der Waals surface area contributed by atoms with E-state index < -0.39 is 15.5 Å². The van der Waals surface area contributed by atoms with Crippen LogP contribution in [0.3, 0.4) is 0 Å². The van der Waals surface area contributed by atoms with Crippen LogP contribution < -0.4 is 5.32 Å². The molecule has 0 aromatic heterocycles. The fraction of sp³-hybridized carbons (Fsp3) is 1.00. The van der Waals surface area contributed by atoms with Gasteiger partial charge in [0.15, 0.2) is 0 Å². The summed E-state index contributed by atoms with van der Waals surface area (Å²) < 4.78 is 30.8. The second-order valence-corrected chi connectivity index (χ2v) is 4.66. The van der Waals surface area contributed by atoms with Crippen LogP contribution in [-0.2, 0) is 10.1 Å². The van der Waals surface area contributed by atoms with Crippen molar-refractivity contribution in [3.63, 3.8) is 0 Å². The van der Waals surface area contributed by atoms with E-state index in [0.29, 0.717) is 32.6 Å². The summed E-state index contributed by atoms with van der Waals surface area (Å²) in [4.78, 5) is 1.77. The molecule has 1 aliphatic rings. The van der Waals surface area contributed by atoms with Crippen molar-refractivity contribution in [2.24, 2.45) is 0 Å². The molecule has 1 atom stereocenters. The predicted octanol–water partition coefficient (Wildman–Crippen LogP) is -0.470. The average molecular weight is 207 g/mol. The molecule has 1 unspecified atom stereocenters. The average Bonchev–Trinajstić information content (AvgIpc) is 2.05. The Morgan fingerprint density at radius 3 is 2.38 bits per heavy atom. The molecule has 1 fully saturated rings. The van der Waals surface area contributed by atoms with E-state index in [4.69, 9.17) is 4.55 Å². The van der Waals surface area contributed by atoms with Gasteiger partial charge in [-0.05, 0) is 6.42 Å². The van der Waals surface area contributed by atoms with Gasteiger partial charge in [0.05, 0.1) is 0 Å². The van der Waals surface area contributed by atoms with E-state index in [1.165, 1.54) is 0 Å². The van der Waals surface area contributed by atoms with Crippen LogP contribution in [0, 0.1) is 0 Å². The van der Waals surface area contributed by atoms with Crippen LogP contribution >= 0.6 is 0 Å². The zero-order valence-corrected chi connectivity index (χ0v) is 8.50. The summed E-state index contributed by atoms with van der Waals surface area (Å²) in [5.74, 6) is 0. The summed E-state index contributed by atoms with van der Waals surface area (Å²) in [6, 6.07) is 0. The summed E-state index contributed by atoms with van der Waals surface area (Å²) in [7, 11) is -3.93. The van der Waals surface area contributed by atoms with Gasteiger partial charge >= 0.3 is 0 Å². The van der Waals surface area contributed by atoms with Crippen molar-refractivity contribution in [3.8, 4) is 0 Å². The summed E-state index contributed by atoms with van der Waals surface area (Å²) in [5.41, 5.74) is 0. The Hall–Kier alpha value is -0.170. The van der Waals surface area contributed by atoms with Crippen molar-refractivity contribution in [2.45, 2.75) is 18.7 Å². The van der Waals surface area contributed by atoms with Gasteiger partial charge in [-0.3, -0.25) is 9.45 Å². The first-order chi connectivity index (χ1) is 6.05. The largest absolute Gasteiger partial charge is 0.284 e. The standard InChI is InChI=1S/C7H15N2O3S/c1-2-7(13(10,11)12)9-5-3-8-4-6-9/h7H,2-6H2,1H3,(H,10,11,12). The van der Waals surface area contributed by atoms with Crippen molar-refractivity contribution in [3.05, 3.63) is 0 Å². The Kier molecular flexibility index (Phi) is 3.66. The molecule has 5 nitrogen and oxygen atoms in total. The smallest absolute Gasteiger partial charge is 0.281 e. The fourth-order valence-electron chi connectivity index (χ4n) is 1.57. The molecule has 1 radical (unpaired) electrons. The summed E-state index contributed by atoms with van der Waals surface area (Å²) in [6.07, 6.45) is 0.416. The summed E-state index contributed by atoms with van der Waals surface area (Å²) in [6.45, 7) is 4.32. The molecule has 1 N–H and O–H groups in total. The third-order valence-corrected chi connectivity index (χ3v) is 3.51. The van der Waals surface area contributed by atoms with E-state index in [2.05, 4.69) is 5.32 Å². The van der Waals surface area contributed by atoms with Crippen LogP contribution in [0.25, 0.3) is 0 Å². The van der Waals surface area contributed by atoms with Gasteiger partial charge in [-0.15, -0.1) is 0 Å². The molecule has 6 heteroatoms. The van der Waals surface area contributed by atoms with Gasteiger partial charge in [0.25, 0.3) is 10.1 Å². The minimum Gasteiger partial charge on any atom is -0.284 e. The number of piperazine rings is 1. The van der Waals surface area contributed by atoms with Crippen LogP contribution in [0.5, 0.6) is 0 Å². The maximum atomic E-state index is 10.9. The molecule has 1 rings (SSSR count). The maximum Gasteiger partial charge on any atom is 0.281 e. The van der Waals surface area contributed by atoms with Crippen molar-refractivity contribution in [2.75, 3.05) is 26.2 Å². The lowest BCUT2D eigenvalue weighted by molar-refractivity contribution is 0.204. The summed E-state index contributed by atoms with van der Waals surface area (Å²) >= 11 is 0. The van der Waals surface area contributed by atoms with E-state index in [1.54, 1.807) is 11.8 Å². The van der Waals surface area contributed by atoms with E-state index in [-0.39, 0.29) is 0 Å². The highest BCUT2D eigenvalue weighted by Gasteiger charge is 2.28. The van der Waals surface area contributed by atoms with Gasteiger partial charge in [0.2, 0.25) is 0 Å². The van der Waals surface area contributed by atoms with E-state index in [9.17, 15) is 8.42 Å². The third-order valence-electron chi connectivity index (χ3n) is 2.19. The predicted molar refractivity (Wildman–Crippen MR) is 49.1 cm³/mol. The quantitative estimate of drug-likeness (QED) is 0.635. The molecule has 0 spiro atoms.